The number of methoxy groups -OCH3 is 1. The topological polar surface area (TPSA) is 100 Å². The normalized spacial score (nSPS) is 10.7. The zero-order chi connectivity index (χ0) is 24.1. The Balaban J connectivity index is 1.37. The summed E-state index contributed by atoms with van der Waals surface area (Å²) in [6, 6.07) is 13.7. The van der Waals surface area contributed by atoms with Crippen LogP contribution in [-0.4, -0.2) is 38.5 Å². The van der Waals surface area contributed by atoms with Gasteiger partial charge in [0.2, 0.25) is 0 Å². The van der Waals surface area contributed by atoms with Gasteiger partial charge in [0, 0.05) is 12.4 Å². The van der Waals surface area contributed by atoms with E-state index in [1.165, 1.54) is 18.0 Å². The van der Waals surface area contributed by atoms with Crippen molar-refractivity contribution in [2.45, 2.75) is 13.3 Å². The fourth-order valence-electron chi connectivity index (χ4n) is 3.16. The highest BCUT2D eigenvalue weighted by atomic mass is 35.5. The molecule has 0 unspecified atom stereocenters. The maximum absolute atomic E-state index is 12.6. The fourth-order valence-corrected chi connectivity index (χ4v) is 3.66. The van der Waals surface area contributed by atoms with Gasteiger partial charge in [-0.05, 0) is 29.8 Å². The summed E-state index contributed by atoms with van der Waals surface area (Å²) in [6.07, 6.45) is 4.77. The van der Waals surface area contributed by atoms with Crippen molar-refractivity contribution in [2.75, 3.05) is 12.4 Å². The second kappa shape index (κ2) is 10.4. The first-order valence-corrected chi connectivity index (χ1v) is 10.8. The summed E-state index contributed by atoms with van der Waals surface area (Å²) >= 11 is 12.2. The Kier molecular flexibility index (Phi) is 7.15. The average Bonchev–Trinajstić information content (AvgIpc) is 3.48. The fraction of sp³-hybridized carbons (Fsp3) is 0.130. The van der Waals surface area contributed by atoms with Gasteiger partial charge in [-0.3, -0.25) is 9.48 Å². The highest BCUT2D eigenvalue weighted by Gasteiger charge is 2.14. The lowest BCUT2D eigenvalue weighted by atomic mass is 10.1. The number of esters is 1. The Bertz CT molecular complexity index is 1310. The van der Waals surface area contributed by atoms with E-state index < -0.39 is 11.9 Å². The predicted molar refractivity (Wildman–Crippen MR) is 126 cm³/mol. The summed E-state index contributed by atoms with van der Waals surface area (Å²) in [5, 5.41) is 12.0. The van der Waals surface area contributed by atoms with Crippen LogP contribution >= 0.6 is 23.2 Å². The molecule has 2 aromatic carbocycles. The number of rotatable bonds is 8. The van der Waals surface area contributed by atoms with Crippen LogP contribution in [0.5, 0.6) is 5.75 Å². The predicted octanol–water partition coefficient (Wildman–Crippen LogP) is 4.51. The standard InChI is InChI=1S/C23H19Cl2N5O4/c1-33-23(32)17-6-3-2-5-15(17)12-30-13-16(11-26-30)27-22(31)20-9-10-29(28-20)14-34-21-18(24)7-4-8-19(21)25/h2-11,13H,12,14H2,1H3,(H,27,31). The Morgan fingerprint density at radius 1 is 1.03 bits per heavy atom. The number of hydrogen-bond donors (Lipinski definition) is 1. The van der Waals surface area contributed by atoms with Crippen molar-refractivity contribution in [1.82, 2.24) is 19.6 Å². The van der Waals surface area contributed by atoms with Gasteiger partial charge in [-0.2, -0.15) is 10.2 Å². The van der Waals surface area contributed by atoms with Gasteiger partial charge in [-0.25, -0.2) is 9.48 Å². The van der Waals surface area contributed by atoms with E-state index in [-0.39, 0.29) is 12.4 Å². The molecule has 0 aliphatic rings. The van der Waals surface area contributed by atoms with E-state index in [9.17, 15) is 9.59 Å². The molecule has 0 radical (unpaired) electrons. The summed E-state index contributed by atoms with van der Waals surface area (Å²) in [6.45, 7) is 0.353. The van der Waals surface area contributed by atoms with Crippen molar-refractivity contribution in [3.05, 3.63) is 94.0 Å². The molecule has 174 valence electrons. The van der Waals surface area contributed by atoms with Gasteiger partial charge in [0.1, 0.15) is 0 Å². The molecule has 9 nitrogen and oxygen atoms in total. The summed E-state index contributed by atoms with van der Waals surface area (Å²) in [7, 11) is 1.33. The quantitative estimate of drug-likeness (QED) is 0.358. The van der Waals surface area contributed by atoms with Gasteiger partial charge in [0.05, 0.1) is 41.1 Å². The first-order chi connectivity index (χ1) is 16.4. The number of ether oxygens (including phenoxy) is 2. The molecule has 2 aromatic heterocycles. The van der Waals surface area contributed by atoms with Crippen LogP contribution in [0.4, 0.5) is 5.69 Å². The molecule has 0 aliphatic heterocycles. The molecular weight excluding hydrogens is 481 g/mol. The first kappa shape index (κ1) is 23.3. The van der Waals surface area contributed by atoms with Crippen molar-refractivity contribution in [2.24, 2.45) is 0 Å². The summed E-state index contributed by atoms with van der Waals surface area (Å²) in [5.74, 6) is -0.495. The van der Waals surface area contributed by atoms with Crippen LogP contribution in [-0.2, 0) is 18.0 Å². The minimum atomic E-state index is -0.423. The molecule has 0 atom stereocenters. The van der Waals surface area contributed by atoms with Crippen LogP contribution in [0.25, 0.3) is 0 Å². The number of benzene rings is 2. The molecule has 1 amide bonds. The zero-order valence-corrected chi connectivity index (χ0v) is 19.5. The molecule has 4 aromatic rings. The van der Waals surface area contributed by atoms with Crippen molar-refractivity contribution in [3.63, 3.8) is 0 Å². The van der Waals surface area contributed by atoms with E-state index in [0.717, 1.165) is 5.56 Å². The average molecular weight is 500 g/mol. The van der Waals surface area contributed by atoms with Gasteiger partial charge in [0.25, 0.3) is 5.91 Å². The van der Waals surface area contributed by atoms with Crippen LogP contribution in [0.3, 0.4) is 0 Å². The third-order valence-electron chi connectivity index (χ3n) is 4.78. The highest BCUT2D eigenvalue weighted by Crippen LogP contribution is 2.32. The van der Waals surface area contributed by atoms with E-state index in [1.54, 1.807) is 53.5 Å². The van der Waals surface area contributed by atoms with Crippen molar-refractivity contribution < 1.29 is 19.1 Å². The molecule has 1 N–H and O–H groups in total. The molecule has 0 bridgehead atoms. The van der Waals surface area contributed by atoms with E-state index >= 15 is 0 Å². The number of hydrogen-bond acceptors (Lipinski definition) is 6. The van der Waals surface area contributed by atoms with Crippen LogP contribution in [0.15, 0.2) is 67.1 Å². The number of carbonyl (C=O) groups excluding carboxylic acids is 2. The SMILES string of the molecule is COC(=O)c1ccccc1Cn1cc(NC(=O)c2ccn(COc3c(Cl)cccc3Cl)n2)cn1. The van der Waals surface area contributed by atoms with E-state index in [0.29, 0.717) is 33.6 Å². The molecule has 0 fully saturated rings. The van der Waals surface area contributed by atoms with E-state index in [2.05, 4.69) is 15.5 Å². The minimum absolute atomic E-state index is 0.0221. The Morgan fingerprint density at radius 2 is 1.79 bits per heavy atom. The monoisotopic (exact) mass is 499 g/mol. The van der Waals surface area contributed by atoms with E-state index in [1.807, 2.05) is 12.1 Å². The molecule has 2 heterocycles. The second-order valence-electron chi connectivity index (χ2n) is 7.09. The molecule has 0 aliphatic carbocycles. The van der Waals surface area contributed by atoms with Gasteiger partial charge in [0.15, 0.2) is 18.2 Å². The Labute approximate surface area is 204 Å². The number of carbonyl (C=O) groups is 2. The zero-order valence-electron chi connectivity index (χ0n) is 17.9. The molecule has 0 spiro atoms. The number of halogens is 2. The summed E-state index contributed by atoms with van der Waals surface area (Å²) < 4.78 is 13.5. The smallest absolute Gasteiger partial charge is 0.338 e. The molecule has 4 rings (SSSR count). The first-order valence-electron chi connectivity index (χ1n) is 10.0. The van der Waals surface area contributed by atoms with E-state index in [4.69, 9.17) is 32.7 Å². The lowest BCUT2D eigenvalue weighted by Gasteiger charge is -2.09. The van der Waals surface area contributed by atoms with Gasteiger partial charge >= 0.3 is 5.97 Å². The number of anilines is 1. The van der Waals surface area contributed by atoms with Crippen LogP contribution < -0.4 is 10.1 Å². The van der Waals surface area contributed by atoms with Gasteiger partial charge in [-0.15, -0.1) is 0 Å². The summed E-state index contributed by atoms with van der Waals surface area (Å²) in [4.78, 5) is 24.5. The third-order valence-corrected chi connectivity index (χ3v) is 5.37. The number of amides is 1. The van der Waals surface area contributed by atoms with Crippen LogP contribution in [0.1, 0.15) is 26.4 Å². The van der Waals surface area contributed by atoms with Crippen LogP contribution in [0.2, 0.25) is 10.0 Å². The molecular formula is C23H19Cl2N5O4. The molecule has 0 saturated heterocycles. The van der Waals surface area contributed by atoms with Crippen molar-refractivity contribution in [1.29, 1.82) is 0 Å². The van der Waals surface area contributed by atoms with Crippen molar-refractivity contribution >= 4 is 40.8 Å². The van der Waals surface area contributed by atoms with Crippen LogP contribution in [0, 0.1) is 0 Å². The number of para-hydroxylation sites is 1. The minimum Gasteiger partial charge on any atom is -0.468 e. The third kappa shape index (κ3) is 5.38. The summed E-state index contributed by atoms with van der Waals surface area (Å²) in [5.41, 5.74) is 1.87. The lowest BCUT2D eigenvalue weighted by Crippen LogP contribution is -2.14. The maximum Gasteiger partial charge on any atom is 0.338 e. The molecule has 0 saturated carbocycles. The second-order valence-corrected chi connectivity index (χ2v) is 7.91. The molecule has 34 heavy (non-hydrogen) atoms. The lowest BCUT2D eigenvalue weighted by molar-refractivity contribution is 0.0599. The number of nitrogens with zero attached hydrogens (tertiary/aromatic N) is 4. The maximum atomic E-state index is 12.6. The highest BCUT2D eigenvalue weighted by molar-refractivity contribution is 6.37. The Morgan fingerprint density at radius 3 is 2.56 bits per heavy atom. The number of aromatic nitrogens is 4. The molecule has 11 heteroatoms. The van der Waals surface area contributed by atoms with Crippen molar-refractivity contribution in [3.8, 4) is 5.75 Å². The largest absolute Gasteiger partial charge is 0.468 e. The number of nitrogens with one attached hydrogen (secondary N) is 1. The Hall–Kier alpha value is -3.82. The van der Waals surface area contributed by atoms with Gasteiger partial charge in [-0.1, -0.05) is 47.5 Å². The van der Waals surface area contributed by atoms with Gasteiger partial charge < -0.3 is 14.8 Å².